The van der Waals surface area contributed by atoms with Crippen molar-refractivity contribution in [2.45, 2.75) is 6.92 Å². The van der Waals surface area contributed by atoms with Crippen LogP contribution >= 0.6 is 0 Å². The van der Waals surface area contributed by atoms with Gasteiger partial charge in [0.1, 0.15) is 11.3 Å². The Kier molecular flexibility index (Phi) is 1.18. The van der Waals surface area contributed by atoms with Gasteiger partial charge in [0.2, 0.25) is 0 Å². The molecule has 0 aliphatic heterocycles. The van der Waals surface area contributed by atoms with E-state index in [1.54, 1.807) is 6.92 Å². The summed E-state index contributed by atoms with van der Waals surface area (Å²) in [5.74, 6) is 1.27. The van der Waals surface area contributed by atoms with E-state index in [1.165, 1.54) is 0 Å². The molecule has 0 aliphatic rings. The molecule has 6 nitrogen and oxygen atoms in total. The highest BCUT2D eigenvalue weighted by molar-refractivity contribution is 5.82. The third-order valence-corrected chi connectivity index (χ3v) is 1.51. The second kappa shape index (κ2) is 2.07. The molecule has 5 N–H and O–H groups in total. The van der Waals surface area contributed by atoms with Crippen molar-refractivity contribution in [2.75, 3.05) is 11.5 Å². The van der Waals surface area contributed by atoms with Crippen LogP contribution in [0.15, 0.2) is 0 Å². The Bertz CT molecular complexity index is 431. The van der Waals surface area contributed by atoms with Gasteiger partial charge in [-0.25, -0.2) is 9.97 Å². The lowest BCUT2D eigenvalue weighted by Gasteiger charge is -1.94. The molecule has 0 radical (unpaired) electrons. The summed E-state index contributed by atoms with van der Waals surface area (Å²) in [7, 11) is 0. The van der Waals surface area contributed by atoms with Gasteiger partial charge in [0.05, 0.1) is 0 Å². The van der Waals surface area contributed by atoms with Crippen molar-refractivity contribution in [1.82, 2.24) is 19.9 Å². The number of nitrogens with one attached hydrogen (secondary N) is 1. The fraction of sp³-hybridized carbons (Fsp3) is 0.167. The van der Waals surface area contributed by atoms with Gasteiger partial charge in [-0.05, 0) is 6.92 Å². The first-order valence-corrected chi connectivity index (χ1v) is 3.42. The van der Waals surface area contributed by atoms with E-state index in [0.717, 1.165) is 0 Å². The Balaban J connectivity index is 2.88. The van der Waals surface area contributed by atoms with E-state index in [1.807, 2.05) is 0 Å². The summed E-state index contributed by atoms with van der Waals surface area (Å²) in [4.78, 5) is 14.7. The Morgan fingerprint density at radius 3 is 2.67 bits per heavy atom. The van der Waals surface area contributed by atoms with E-state index >= 15 is 0 Å². The maximum Gasteiger partial charge on any atom is 0.200 e. The number of H-pyrrole nitrogens is 1. The number of aryl methyl sites for hydroxylation is 1. The molecule has 2 rings (SSSR count). The summed E-state index contributed by atoms with van der Waals surface area (Å²) in [6.07, 6.45) is 0. The highest BCUT2D eigenvalue weighted by Crippen LogP contribution is 2.15. The summed E-state index contributed by atoms with van der Waals surface area (Å²) in [5, 5.41) is 0. The van der Waals surface area contributed by atoms with Gasteiger partial charge in [0.25, 0.3) is 0 Å². The largest absolute Gasteiger partial charge is 0.382 e. The number of aromatic nitrogens is 4. The lowest BCUT2D eigenvalue weighted by molar-refractivity contribution is 1.09. The number of nitrogens with two attached hydrogens (primary N) is 2. The van der Waals surface area contributed by atoms with Crippen LogP contribution in [0.2, 0.25) is 0 Å². The minimum absolute atomic E-state index is 0.302. The van der Waals surface area contributed by atoms with E-state index in [2.05, 4.69) is 19.9 Å². The zero-order valence-electron chi connectivity index (χ0n) is 6.50. The Morgan fingerprint density at radius 1 is 1.17 bits per heavy atom. The monoisotopic (exact) mass is 164 g/mol. The van der Waals surface area contributed by atoms with Gasteiger partial charge in [-0.15, -0.1) is 0 Å². The molecule has 12 heavy (non-hydrogen) atoms. The molecule has 0 atom stereocenters. The molecule has 0 aromatic carbocycles. The summed E-state index contributed by atoms with van der Waals surface area (Å²) in [6.45, 7) is 1.75. The summed E-state index contributed by atoms with van der Waals surface area (Å²) in [6, 6.07) is 0. The highest BCUT2D eigenvalue weighted by atomic mass is 15.1. The highest BCUT2D eigenvalue weighted by Gasteiger charge is 2.06. The quantitative estimate of drug-likeness (QED) is 0.501. The fourth-order valence-corrected chi connectivity index (χ4v) is 1.05. The molecule has 0 saturated heterocycles. The fourth-order valence-electron chi connectivity index (χ4n) is 1.05. The Labute approximate surface area is 68.0 Å². The number of hydrogen-bond acceptors (Lipinski definition) is 5. The number of hydrogen-bond donors (Lipinski definition) is 3. The molecule has 6 heteroatoms. The topological polar surface area (TPSA) is 106 Å². The second-order valence-electron chi connectivity index (χ2n) is 2.48. The number of rotatable bonds is 0. The first-order chi connectivity index (χ1) is 5.66. The zero-order valence-corrected chi connectivity index (χ0v) is 6.50. The average Bonchev–Trinajstić information content (AvgIpc) is 2.29. The van der Waals surface area contributed by atoms with E-state index in [0.29, 0.717) is 28.8 Å². The van der Waals surface area contributed by atoms with Crippen molar-refractivity contribution in [3.63, 3.8) is 0 Å². The van der Waals surface area contributed by atoms with Crippen molar-refractivity contribution in [2.24, 2.45) is 0 Å². The molecule has 2 heterocycles. The number of aromatic amines is 1. The van der Waals surface area contributed by atoms with Crippen LogP contribution in [0.3, 0.4) is 0 Å². The second-order valence-corrected chi connectivity index (χ2v) is 2.48. The number of imidazole rings is 1. The molecule has 0 bridgehead atoms. The van der Waals surface area contributed by atoms with E-state index in [9.17, 15) is 0 Å². The smallest absolute Gasteiger partial charge is 0.200 e. The lowest BCUT2D eigenvalue weighted by atomic mass is 10.5. The van der Waals surface area contributed by atoms with Crippen molar-refractivity contribution >= 4 is 22.9 Å². The molecule has 0 spiro atoms. The normalized spacial score (nSPS) is 10.8. The molecule has 2 aromatic rings. The number of fused-ring (bicyclic) bond motifs is 1. The van der Waals surface area contributed by atoms with Crippen LogP contribution in [0.25, 0.3) is 11.2 Å². The minimum atomic E-state index is 0.302. The molecule has 0 aliphatic carbocycles. The maximum atomic E-state index is 5.59. The minimum Gasteiger partial charge on any atom is -0.382 e. The van der Waals surface area contributed by atoms with Crippen molar-refractivity contribution in [1.29, 1.82) is 0 Å². The predicted molar refractivity (Wildman–Crippen MR) is 45.2 cm³/mol. The van der Waals surface area contributed by atoms with Gasteiger partial charge in [-0.1, -0.05) is 0 Å². The summed E-state index contributed by atoms with van der Waals surface area (Å²) in [5.41, 5.74) is 12.1. The molecule has 0 amide bonds. The molecular formula is C6H8N6. The third-order valence-electron chi connectivity index (χ3n) is 1.51. The van der Waals surface area contributed by atoms with Crippen LogP contribution in [-0.2, 0) is 0 Å². The van der Waals surface area contributed by atoms with Crippen LogP contribution in [0.5, 0.6) is 0 Å². The number of anilines is 2. The van der Waals surface area contributed by atoms with Crippen LogP contribution in [0.4, 0.5) is 11.8 Å². The molecular weight excluding hydrogens is 156 g/mol. The van der Waals surface area contributed by atoms with Crippen molar-refractivity contribution in [3.05, 3.63) is 5.82 Å². The first-order valence-electron chi connectivity index (χ1n) is 3.42. The van der Waals surface area contributed by atoms with Gasteiger partial charge in [-0.2, -0.15) is 4.98 Å². The molecule has 0 saturated carbocycles. The van der Waals surface area contributed by atoms with Gasteiger partial charge in [0.15, 0.2) is 17.4 Å². The number of nitrogens with zero attached hydrogens (tertiary/aromatic N) is 3. The zero-order chi connectivity index (χ0) is 8.72. The Morgan fingerprint density at radius 2 is 1.92 bits per heavy atom. The van der Waals surface area contributed by atoms with Crippen LogP contribution < -0.4 is 11.5 Å². The molecule has 0 fully saturated rings. The van der Waals surface area contributed by atoms with Crippen LogP contribution in [0, 0.1) is 6.92 Å². The molecule has 0 unspecified atom stereocenters. The van der Waals surface area contributed by atoms with Gasteiger partial charge >= 0.3 is 0 Å². The molecule has 62 valence electrons. The summed E-state index contributed by atoms with van der Waals surface area (Å²) >= 11 is 0. The maximum absolute atomic E-state index is 5.59. The lowest BCUT2D eigenvalue weighted by Crippen LogP contribution is -1.96. The number of nitrogen functional groups attached to an aromatic ring is 2. The van der Waals surface area contributed by atoms with Gasteiger partial charge in [-0.3, -0.25) is 0 Å². The van der Waals surface area contributed by atoms with E-state index in [-0.39, 0.29) is 0 Å². The van der Waals surface area contributed by atoms with E-state index < -0.39 is 0 Å². The van der Waals surface area contributed by atoms with Crippen LogP contribution in [0.1, 0.15) is 5.82 Å². The van der Waals surface area contributed by atoms with Gasteiger partial charge < -0.3 is 16.5 Å². The van der Waals surface area contributed by atoms with Gasteiger partial charge in [0, 0.05) is 0 Å². The third kappa shape index (κ3) is 0.849. The average molecular weight is 164 g/mol. The predicted octanol–water partition coefficient (Wildman–Crippen LogP) is -0.174. The standard InChI is InChI=1S/C6H8N6/c1-2-9-4(7)3-5(10-2)12-6(8)11-3/h1H3,(H5,7,8,9,10,11,12). The first kappa shape index (κ1) is 6.84. The van der Waals surface area contributed by atoms with Crippen molar-refractivity contribution < 1.29 is 0 Å². The summed E-state index contributed by atoms with van der Waals surface area (Å²) < 4.78 is 0. The Hall–Kier alpha value is -1.85. The van der Waals surface area contributed by atoms with Crippen molar-refractivity contribution in [3.8, 4) is 0 Å². The van der Waals surface area contributed by atoms with E-state index in [4.69, 9.17) is 11.5 Å². The molecule has 2 aromatic heterocycles. The van der Waals surface area contributed by atoms with Crippen LogP contribution in [-0.4, -0.2) is 19.9 Å². The SMILES string of the molecule is Cc1nc(N)c2[nH]c(N)nc2n1.